The molecule has 0 unspecified atom stereocenters. The van der Waals surface area contributed by atoms with E-state index in [2.05, 4.69) is 34.9 Å². The number of fused-ring (bicyclic) bond motifs is 1. The Morgan fingerprint density at radius 2 is 1.88 bits per heavy atom. The summed E-state index contributed by atoms with van der Waals surface area (Å²) in [7, 11) is 0. The van der Waals surface area contributed by atoms with Gasteiger partial charge in [0.15, 0.2) is 5.78 Å². The lowest BCUT2D eigenvalue weighted by Gasteiger charge is -2.26. The highest BCUT2D eigenvalue weighted by Gasteiger charge is 2.14. The van der Waals surface area contributed by atoms with Gasteiger partial charge >= 0.3 is 0 Å². The fourth-order valence-electron chi connectivity index (χ4n) is 3.69. The van der Waals surface area contributed by atoms with Gasteiger partial charge in [-0.15, -0.1) is 0 Å². The predicted molar refractivity (Wildman–Crippen MR) is 100 cm³/mol. The Labute approximate surface area is 145 Å². The molecule has 3 rings (SSSR count). The van der Waals surface area contributed by atoms with Crippen LogP contribution < -0.4 is 0 Å². The van der Waals surface area contributed by atoms with Crippen LogP contribution in [0, 0.1) is 6.42 Å². The third-order valence-corrected chi connectivity index (χ3v) is 5.11. The van der Waals surface area contributed by atoms with Crippen molar-refractivity contribution in [2.45, 2.75) is 52.0 Å². The first kappa shape index (κ1) is 17.2. The van der Waals surface area contributed by atoms with Gasteiger partial charge in [0.1, 0.15) is 0 Å². The van der Waals surface area contributed by atoms with Gasteiger partial charge in [0.2, 0.25) is 0 Å². The lowest BCUT2D eigenvalue weighted by atomic mass is 10.0. The molecule has 1 aliphatic heterocycles. The van der Waals surface area contributed by atoms with E-state index >= 15 is 0 Å². The Hall–Kier alpha value is -1.61. The Balaban J connectivity index is 1.48. The zero-order chi connectivity index (χ0) is 16.8. The van der Waals surface area contributed by atoms with E-state index < -0.39 is 0 Å². The zero-order valence-electron chi connectivity index (χ0n) is 14.8. The Morgan fingerprint density at radius 1 is 1.08 bits per heavy atom. The summed E-state index contributed by atoms with van der Waals surface area (Å²) >= 11 is 0. The minimum atomic E-state index is 0.297. The molecule has 0 N–H and O–H groups in total. The second-order valence-corrected chi connectivity index (χ2v) is 6.79. The van der Waals surface area contributed by atoms with Crippen LogP contribution >= 0.6 is 0 Å². The summed E-state index contributed by atoms with van der Waals surface area (Å²) in [6.45, 7) is 6.65. The molecule has 0 saturated carbocycles. The Bertz CT molecular complexity index is 668. The molecule has 0 atom stereocenters. The summed E-state index contributed by atoms with van der Waals surface area (Å²) in [4.78, 5) is 15.2. The minimum absolute atomic E-state index is 0.297. The van der Waals surface area contributed by atoms with Crippen LogP contribution in [0.25, 0.3) is 10.9 Å². The van der Waals surface area contributed by atoms with Crippen molar-refractivity contribution in [3.8, 4) is 0 Å². The molecular weight excluding hydrogens is 296 g/mol. The maximum absolute atomic E-state index is 12.6. The van der Waals surface area contributed by atoms with Crippen molar-refractivity contribution in [2.24, 2.45) is 0 Å². The third-order valence-electron chi connectivity index (χ3n) is 5.11. The number of benzene rings is 1. The van der Waals surface area contributed by atoms with E-state index in [0.717, 1.165) is 30.3 Å². The van der Waals surface area contributed by atoms with Gasteiger partial charge in [0, 0.05) is 35.6 Å². The first-order valence-electron chi connectivity index (χ1n) is 9.44. The average Bonchev–Trinajstić information content (AvgIpc) is 3.01. The van der Waals surface area contributed by atoms with E-state index in [-0.39, 0.29) is 0 Å². The molecule has 0 aliphatic carbocycles. The topological polar surface area (TPSA) is 25.2 Å². The molecule has 0 bridgehead atoms. The number of unbranched alkanes of at least 4 members (excludes halogenated alkanes) is 2. The molecule has 1 fully saturated rings. The van der Waals surface area contributed by atoms with Gasteiger partial charge in [-0.25, -0.2) is 0 Å². The first-order valence-corrected chi connectivity index (χ1v) is 9.44. The van der Waals surface area contributed by atoms with E-state index in [1.54, 1.807) is 0 Å². The number of piperidine rings is 1. The number of nitrogens with zero attached hydrogens (tertiary/aromatic N) is 2. The lowest BCUT2D eigenvalue weighted by molar-refractivity contribution is 0.0980. The number of aromatic nitrogens is 1. The molecule has 0 amide bonds. The van der Waals surface area contributed by atoms with Crippen LogP contribution in [0.4, 0.5) is 0 Å². The van der Waals surface area contributed by atoms with Gasteiger partial charge in [-0.1, -0.05) is 24.6 Å². The number of Topliss-reactive ketones (excluding diaryl/α,β-unsaturated/α-hetero) is 1. The lowest BCUT2D eigenvalue weighted by Crippen LogP contribution is -2.30. The van der Waals surface area contributed by atoms with Crippen molar-refractivity contribution in [1.82, 2.24) is 9.47 Å². The van der Waals surface area contributed by atoms with Crippen LogP contribution in [0.3, 0.4) is 0 Å². The number of hydrogen-bond donors (Lipinski definition) is 0. The van der Waals surface area contributed by atoms with Crippen LogP contribution in [0.2, 0.25) is 0 Å². The molecule has 3 nitrogen and oxygen atoms in total. The van der Waals surface area contributed by atoms with E-state index in [4.69, 9.17) is 0 Å². The standard InChI is InChI=1S/C21H29N2O/c1-2-23-17-19(18-11-6-7-12-20(18)23)21(24)13-5-3-8-14-22-15-9-4-10-16-22/h4,6-7,11-12,17H,2-3,5,8-10,13-16H2,1H3. The molecule has 2 heterocycles. The molecule has 1 radical (unpaired) electrons. The summed E-state index contributed by atoms with van der Waals surface area (Å²) < 4.78 is 2.18. The highest BCUT2D eigenvalue weighted by Crippen LogP contribution is 2.23. The van der Waals surface area contributed by atoms with E-state index in [1.165, 1.54) is 44.4 Å². The number of likely N-dealkylation sites (tertiary alicyclic amines) is 1. The third kappa shape index (κ3) is 4.07. The van der Waals surface area contributed by atoms with Crippen LogP contribution in [0.5, 0.6) is 0 Å². The van der Waals surface area contributed by atoms with Crippen molar-refractivity contribution in [2.75, 3.05) is 19.6 Å². The normalized spacial score (nSPS) is 15.9. The quantitative estimate of drug-likeness (QED) is 0.519. The maximum atomic E-state index is 12.6. The van der Waals surface area contributed by atoms with Gasteiger partial charge in [0.25, 0.3) is 0 Å². The van der Waals surface area contributed by atoms with E-state index in [0.29, 0.717) is 12.2 Å². The average molecular weight is 325 g/mol. The summed E-state index contributed by atoms with van der Waals surface area (Å²) in [6, 6.07) is 8.24. The van der Waals surface area contributed by atoms with E-state index in [1.807, 2.05) is 18.3 Å². The van der Waals surface area contributed by atoms with Crippen molar-refractivity contribution in [1.29, 1.82) is 0 Å². The second kappa shape index (κ2) is 8.48. The second-order valence-electron chi connectivity index (χ2n) is 6.79. The van der Waals surface area contributed by atoms with Gasteiger partial charge in [-0.3, -0.25) is 4.79 Å². The fraction of sp³-hybridized carbons (Fsp3) is 0.524. The van der Waals surface area contributed by atoms with Gasteiger partial charge in [-0.05, 0) is 64.7 Å². The number of carbonyl (C=O) groups excluding carboxylic acids is 1. The largest absolute Gasteiger partial charge is 0.347 e. The van der Waals surface area contributed by atoms with Crippen molar-refractivity contribution < 1.29 is 4.79 Å². The molecule has 24 heavy (non-hydrogen) atoms. The van der Waals surface area contributed by atoms with Gasteiger partial charge in [0.05, 0.1) is 0 Å². The Kier molecular flexibility index (Phi) is 6.08. The van der Waals surface area contributed by atoms with Crippen LogP contribution in [-0.2, 0) is 6.54 Å². The monoisotopic (exact) mass is 325 g/mol. The predicted octanol–water partition coefficient (Wildman–Crippen LogP) is 4.70. The molecule has 3 heteroatoms. The molecule has 1 aromatic heterocycles. The SMILES string of the molecule is CCn1cc(C(=O)CCCCCN2CC[CH]CC2)c2ccccc21. The number of para-hydroxylation sites is 1. The fourth-order valence-corrected chi connectivity index (χ4v) is 3.69. The first-order chi connectivity index (χ1) is 11.8. The van der Waals surface area contributed by atoms with Crippen LogP contribution in [-0.4, -0.2) is 34.9 Å². The van der Waals surface area contributed by atoms with Gasteiger partial charge < -0.3 is 9.47 Å². The number of rotatable bonds is 8. The molecule has 1 saturated heterocycles. The number of aryl methyl sites for hydroxylation is 1. The maximum Gasteiger partial charge on any atom is 0.165 e. The molecule has 1 aromatic carbocycles. The van der Waals surface area contributed by atoms with Crippen LogP contribution in [0.1, 0.15) is 55.8 Å². The smallest absolute Gasteiger partial charge is 0.165 e. The summed E-state index contributed by atoms with van der Waals surface area (Å²) in [5.41, 5.74) is 2.07. The molecule has 129 valence electrons. The molecule has 2 aromatic rings. The zero-order valence-corrected chi connectivity index (χ0v) is 14.8. The van der Waals surface area contributed by atoms with E-state index in [9.17, 15) is 4.79 Å². The number of ketones is 1. The molecule has 0 spiro atoms. The summed E-state index contributed by atoms with van der Waals surface area (Å²) in [5, 5.41) is 1.11. The van der Waals surface area contributed by atoms with Crippen LogP contribution in [0.15, 0.2) is 30.5 Å². The molecular formula is C21H29N2O. The molecule has 1 aliphatic rings. The minimum Gasteiger partial charge on any atom is -0.347 e. The van der Waals surface area contributed by atoms with Gasteiger partial charge in [-0.2, -0.15) is 0 Å². The van der Waals surface area contributed by atoms with Crippen molar-refractivity contribution >= 4 is 16.7 Å². The number of hydrogen-bond acceptors (Lipinski definition) is 2. The summed E-state index contributed by atoms with van der Waals surface area (Å²) in [6.07, 6.45) is 10.9. The van der Waals surface area contributed by atoms with Crippen molar-refractivity contribution in [3.05, 3.63) is 42.4 Å². The van der Waals surface area contributed by atoms with Crippen molar-refractivity contribution in [3.63, 3.8) is 0 Å². The summed E-state index contributed by atoms with van der Waals surface area (Å²) in [5.74, 6) is 0.297. The number of carbonyl (C=O) groups is 1. The Morgan fingerprint density at radius 3 is 2.67 bits per heavy atom. The highest BCUT2D eigenvalue weighted by atomic mass is 16.1. The highest BCUT2D eigenvalue weighted by molar-refractivity contribution is 6.08.